The van der Waals surface area contributed by atoms with Gasteiger partial charge in [-0.2, -0.15) is 4.99 Å². The van der Waals surface area contributed by atoms with Gasteiger partial charge in [0.25, 0.3) is 0 Å². The van der Waals surface area contributed by atoms with Crippen molar-refractivity contribution < 1.29 is 9.18 Å². The van der Waals surface area contributed by atoms with Crippen LogP contribution >= 0.6 is 0 Å². The van der Waals surface area contributed by atoms with E-state index in [1.807, 2.05) is 0 Å². The topological polar surface area (TPSA) is 29.4 Å². The minimum atomic E-state index is -0.679. The highest BCUT2D eigenvalue weighted by molar-refractivity contribution is 5.35. The molecule has 0 saturated heterocycles. The molecule has 10 heavy (non-hydrogen) atoms. The highest BCUT2D eigenvalue weighted by atomic mass is 19.1. The number of aliphatic imine (C=N–C) groups is 1. The van der Waals surface area contributed by atoms with Crippen molar-refractivity contribution in [2.24, 2.45) is 4.99 Å². The number of isocyanates is 1. The Morgan fingerprint density at radius 1 is 1.50 bits per heavy atom. The van der Waals surface area contributed by atoms with Crippen molar-refractivity contribution in [1.29, 1.82) is 0 Å². The Bertz CT molecular complexity index is 157. The molecule has 2 nitrogen and oxygen atoms in total. The first-order chi connectivity index (χ1) is 4.83. The smallest absolute Gasteiger partial charge is 0.235 e. The Morgan fingerprint density at radius 2 is 2.10 bits per heavy atom. The summed E-state index contributed by atoms with van der Waals surface area (Å²) in [6.45, 7) is -0.512. The Labute approximate surface area is 59.1 Å². The summed E-state index contributed by atoms with van der Waals surface area (Å²) < 4.78 is 12.3. The van der Waals surface area contributed by atoms with E-state index in [0.717, 1.165) is 12.8 Å². The summed E-state index contributed by atoms with van der Waals surface area (Å²) in [5.41, 5.74) is -0.679. The van der Waals surface area contributed by atoms with Crippen LogP contribution in [0.1, 0.15) is 25.7 Å². The van der Waals surface area contributed by atoms with Gasteiger partial charge in [0.15, 0.2) is 0 Å². The standard InChI is InChI=1S/C7H10FNO/c8-5-7(9-6-10)3-1-2-4-7/h1-5H2. The zero-order valence-corrected chi connectivity index (χ0v) is 5.77. The first-order valence-corrected chi connectivity index (χ1v) is 3.48. The van der Waals surface area contributed by atoms with Gasteiger partial charge in [-0.3, -0.25) is 0 Å². The van der Waals surface area contributed by atoms with E-state index in [1.54, 1.807) is 0 Å². The molecule has 56 valence electrons. The van der Waals surface area contributed by atoms with Crippen LogP contribution in [0, 0.1) is 0 Å². The maximum Gasteiger partial charge on any atom is 0.235 e. The van der Waals surface area contributed by atoms with E-state index in [0.29, 0.717) is 12.8 Å². The minimum Gasteiger partial charge on any atom is -0.248 e. The van der Waals surface area contributed by atoms with E-state index in [-0.39, 0.29) is 0 Å². The fourth-order valence-corrected chi connectivity index (χ4v) is 1.41. The number of halogens is 1. The second kappa shape index (κ2) is 2.93. The molecule has 1 aliphatic rings. The quantitative estimate of drug-likeness (QED) is 0.426. The minimum absolute atomic E-state index is 0.512. The fourth-order valence-electron chi connectivity index (χ4n) is 1.41. The number of hydrogen-bond donors (Lipinski definition) is 0. The molecule has 1 aliphatic carbocycles. The average Bonchev–Trinajstić information content (AvgIpc) is 2.39. The Balaban J connectivity index is 2.66. The van der Waals surface area contributed by atoms with Crippen molar-refractivity contribution in [3.63, 3.8) is 0 Å². The molecule has 0 aromatic heterocycles. The molecule has 0 amide bonds. The molecule has 1 saturated carbocycles. The summed E-state index contributed by atoms with van der Waals surface area (Å²) >= 11 is 0. The monoisotopic (exact) mass is 143 g/mol. The van der Waals surface area contributed by atoms with Crippen molar-refractivity contribution in [3.8, 4) is 0 Å². The van der Waals surface area contributed by atoms with E-state index < -0.39 is 12.2 Å². The summed E-state index contributed by atoms with van der Waals surface area (Å²) in [4.78, 5) is 13.4. The Kier molecular flexibility index (Phi) is 2.17. The van der Waals surface area contributed by atoms with E-state index in [2.05, 4.69) is 4.99 Å². The molecule has 0 N–H and O–H groups in total. The van der Waals surface area contributed by atoms with Crippen LogP contribution in [-0.4, -0.2) is 18.3 Å². The summed E-state index contributed by atoms with van der Waals surface area (Å²) in [5, 5.41) is 0. The number of alkyl halides is 1. The molecule has 0 unspecified atom stereocenters. The van der Waals surface area contributed by atoms with E-state index in [4.69, 9.17) is 0 Å². The van der Waals surface area contributed by atoms with Crippen molar-refractivity contribution in [2.45, 2.75) is 31.2 Å². The molecular weight excluding hydrogens is 133 g/mol. The Morgan fingerprint density at radius 3 is 2.50 bits per heavy atom. The van der Waals surface area contributed by atoms with Gasteiger partial charge in [0, 0.05) is 0 Å². The largest absolute Gasteiger partial charge is 0.248 e. The molecule has 1 fully saturated rings. The van der Waals surface area contributed by atoms with Crippen LogP contribution < -0.4 is 0 Å². The summed E-state index contributed by atoms with van der Waals surface area (Å²) in [6.07, 6.45) is 4.81. The molecule has 1 rings (SSSR count). The van der Waals surface area contributed by atoms with Crippen molar-refractivity contribution in [3.05, 3.63) is 0 Å². The van der Waals surface area contributed by atoms with Crippen LogP contribution in [0.5, 0.6) is 0 Å². The van der Waals surface area contributed by atoms with Crippen LogP contribution in [0.25, 0.3) is 0 Å². The van der Waals surface area contributed by atoms with Crippen LogP contribution in [0.2, 0.25) is 0 Å². The van der Waals surface area contributed by atoms with Gasteiger partial charge in [0.2, 0.25) is 6.08 Å². The lowest BCUT2D eigenvalue weighted by Gasteiger charge is -2.15. The maximum atomic E-state index is 12.3. The predicted molar refractivity (Wildman–Crippen MR) is 35.3 cm³/mol. The Hall–Kier alpha value is -0.690. The second-order valence-corrected chi connectivity index (χ2v) is 2.77. The van der Waals surface area contributed by atoms with Crippen LogP contribution in [0.4, 0.5) is 4.39 Å². The molecule has 3 heteroatoms. The van der Waals surface area contributed by atoms with Gasteiger partial charge >= 0.3 is 0 Å². The van der Waals surface area contributed by atoms with Gasteiger partial charge in [0.05, 0.1) is 0 Å². The molecule has 0 aromatic rings. The molecule has 0 atom stereocenters. The molecule has 0 aliphatic heterocycles. The summed E-state index contributed by atoms with van der Waals surface area (Å²) in [5.74, 6) is 0. The summed E-state index contributed by atoms with van der Waals surface area (Å²) in [6, 6.07) is 0. The van der Waals surface area contributed by atoms with Crippen molar-refractivity contribution in [1.82, 2.24) is 0 Å². The first kappa shape index (κ1) is 7.42. The molecule has 0 bridgehead atoms. The molecular formula is C7H10FNO. The highest BCUT2D eigenvalue weighted by Crippen LogP contribution is 2.33. The SMILES string of the molecule is O=C=NC1(CF)CCCC1. The van der Waals surface area contributed by atoms with Gasteiger partial charge in [-0.15, -0.1) is 0 Å². The van der Waals surface area contributed by atoms with Crippen molar-refractivity contribution >= 4 is 6.08 Å². The summed E-state index contributed by atoms with van der Waals surface area (Å²) in [7, 11) is 0. The van der Waals surface area contributed by atoms with Gasteiger partial charge in [-0.1, -0.05) is 12.8 Å². The highest BCUT2D eigenvalue weighted by Gasteiger charge is 2.33. The number of hydrogen-bond acceptors (Lipinski definition) is 2. The number of nitrogens with zero attached hydrogens (tertiary/aromatic N) is 1. The van der Waals surface area contributed by atoms with E-state index in [1.165, 1.54) is 6.08 Å². The lowest BCUT2D eigenvalue weighted by molar-refractivity contribution is 0.313. The maximum absolute atomic E-state index is 12.3. The van der Waals surface area contributed by atoms with Gasteiger partial charge in [-0.05, 0) is 12.8 Å². The van der Waals surface area contributed by atoms with Crippen LogP contribution in [-0.2, 0) is 4.79 Å². The molecule has 0 heterocycles. The normalized spacial score (nSPS) is 22.1. The third kappa shape index (κ3) is 1.24. The zero-order valence-electron chi connectivity index (χ0n) is 5.77. The van der Waals surface area contributed by atoms with Gasteiger partial charge < -0.3 is 0 Å². The first-order valence-electron chi connectivity index (χ1n) is 3.48. The fraction of sp³-hybridized carbons (Fsp3) is 0.857. The third-order valence-corrected chi connectivity index (χ3v) is 2.07. The third-order valence-electron chi connectivity index (χ3n) is 2.07. The zero-order chi connectivity index (χ0) is 7.45. The lowest BCUT2D eigenvalue weighted by Crippen LogP contribution is -2.24. The van der Waals surface area contributed by atoms with Crippen LogP contribution in [0.15, 0.2) is 4.99 Å². The van der Waals surface area contributed by atoms with Crippen LogP contribution in [0.3, 0.4) is 0 Å². The van der Waals surface area contributed by atoms with Gasteiger partial charge in [-0.25, -0.2) is 9.18 Å². The molecule has 0 radical (unpaired) electrons. The molecule has 0 aromatic carbocycles. The molecule has 0 spiro atoms. The second-order valence-electron chi connectivity index (χ2n) is 2.77. The predicted octanol–water partition coefficient (Wildman–Crippen LogP) is 1.60. The van der Waals surface area contributed by atoms with Crippen molar-refractivity contribution in [2.75, 3.05) is 6.67 Å². The van der Waals surface area contributed by atoms with E-state index >= 15 is 0 Å². The number of carbonyl (C=O) groups excluding carboxylic acids is 1. The van der Waals surface area contributed by atoms with Gasteiger partial charge in [0.1, 0.15) is 12.2 Å². The lowest BCUT2D eigenvalue weighted by atomic mass is 10.0. The van der Waals surface area contributed by atoms with E-state index in [9.17, 15) is 9.18 Å². The average molecular weight is 143 g/mol. The number of rotatable bonds is 2.